The molecule has 0 radical (unpaired) electrons. The lowest BCUT2D eigenvalue weighted by atomic mass is 9.96. The predicted molar refractivity (Wildman–Crippen MR) is 61.0 cm³/mol. The second-order valence-corrected chi connectivity index (χ2v) is 4.37. The highest BCUT2D eigenvalue weighted by Gasteiger charge is 2.20. The minimum absolute atomic E-state index is 0.768. The standard InChI is InChI=1S/C13H15NO/c1-9-11-4-2-3-5-12(11)15-13(9)6-10-7-14-8-10/h2-5,10,14H,6-8H2,1H3. The molecule has 0 atom stereocenters. The summed E-state index contributed by atoms with van der Waals surface area (Å²) in [5.41, 5.74) is 2.34. The molecule has 1 saturated heterocycles. The van der Waals surface area contributed by atoms with Gasteiger partial charge in [-0.25, -0.2) is 0 Å². The molecule has 0 bridgehead atoms. The number of aryl methyl sites for hydroxylation is 1. The Hall–Kier alpha value is -1.28. The highest BCUT2D eigenvalue weighted by atomic mass is 16.3. The van der Waals surface area contributed by atoms with Gasteiger partial charge in [-0.3, -0.25) is 0 Å². The van der Waals surface area contributed by atoms with Crippen molar-refractivity contribution in [1.29, 1.82) is 0 Å². The monoisotopic (exact) mass is 201 g/mol. The van der Waals surface area contributed by atoms with Crippen LogP contribution in [0.3, 0.4) is 0 Å². The van der Waals surface area contributed by atoms with Crippen LogP contribution < -0.4 is 5.32 Å². The van der Waals surface area contributed by atoms with E-state index in [4.69, 9.17) is 4.42 Å². The van der Waals surface area contributed by atoms with Crippen molar-refractivity contribution in [2.75, 3.05) is 13.1 Å². The van der Waals surface area contributed by atoms with Crippen LogP contribution in [0.1, 0.15) is 11.3 Å². The van der Waals surface area contributed by atoms with Crippen molar-refractivity contribution < 1.29 is 4.42 Å². The number of fused-ring (bicyclic) bond motifs is 1. The summed E-state index contributed by atoms with van der Waals surface area (Å²) < 4.78 is 5.88. The van der Waals surface area contributed by atoms with Crippen molar-refractivity contribution in [3.05, 3.63) is 35.6 Å². The number of rotatable bonds is 2. The second-order valence-electron chi connectivity index (χ2n) is 4.37. The number of nitrogens with one attached hydrogen (secondary N) is 1. The second kappa shape index (κ2) is 3.38. The summed E-state index contributed by atoms with van der Waals surface area (Å²) in [5.74, 6) is 1.94. The molecule has 1 aromatic carbocycles. The summed E-state index contributed by atoms with van der Waals surface area (Å²) in [7, 11) is 0. The maximum Gasteiger partial charge on any atom is 0.134 e. The van der Waals surface area contributed by atoms with Crippen molar-refractivity contribution in [3.8, 4) is 0 Å². The Balaban J connectivity index is 1.99. The van der Waals surface area contributed by atoms with Crippen LogP contribution in [0.5, 0.6) is 0 Å². The molecular formula is C13H15NO. The van der Waals surface area contributed by atoms with Crippen molar-refractivity contribution in [2.24, 2.45) is 5.92 Å². The lowest BCUT2D eigenvalue weighted by Crippen LogP contribution is -2.43. The fourth-order valence-corrected chi connectivity index (χ4v) is 2.17. The average molecular weight is 201 g/mol. The van der Waals surface area contributed by atoms with Crippen molar-refractivity contribution >= 4 is 11.0 Å². The first-order valence-corrected chi connectivity index (χ1v) is 5.52. The van der Waals surface area contributed by atoms with Crippen LogP contribution in [0.15, 0.2) is 28.7 Å². The van der Waals surface area contributed by atoms with E-state index in [1.165, 1.54) is 16.7 Å². The zero-order valence-corrected chi connectivity index (χ0v) is 8.92. The molecule has 1 fully saturated rings. The maximum absolute atomic E-state index is 5.88. The first kappa shape index (κ1) is 8.98. The number of hydrogen-bond acceptors (Lipinski definition) is 2. The molecule has 2 heteroatoms. The Labute approximate surface area is 89.3 Å². The molecule has 0 spiro atoms. The lowest BCUT2D eigenvalue weighted by Gasteiger charge is -2.26. The lowest BCUT2D eigenvalue weighted by molar-refractivity contribution is 0.326. The summed E-state index contributed by atoms with van der Waals surface area (Å²) in [6.07, 6.45) is 1.08. The van der Waals surface area contributed by atoms with Crippen molar-refractivity contribution in [3.63, 3.8) is 0 Å². The third kappa shape index (κ3) is 1.45. The van der Waals surface area contributed by atoms with E-state index in [1.54, 1.807) is 0 Å². The highest BCUT2D eigenvalue weighted by Crippen LogP contribution is 2.27. The largest absolute Gasteiger partial charge is 0.461 e. The molecule has 0 amide bonds. The molecule has 1 aliphatic rings. The summed E-state index contributed by atoms with van der Waals surface area (Å²) >= 11 is 0. The van der Waals surface area contributed by atoms with Crippen LogP contribution in [-0.2, 0) is 6.42 Å². The van der Waals surface area contributed by atoms with E-state index in [0.29, 0.717) is 0 Å². The Morgan fingerprint density at radius 3 is 2.80 bits per heavy atom. The van der Waals surface area contributed by atoms with Crippen LogP contribution in [0, 0.1) is 12.8 Å². The van der Waals surface area contributed by atoms with Gasteiger partial charge in [-0.2, -0.15) is 0 Å². The molecule has 0 unspecified atom stereocenters. The molecule has 0 aliphatic carbocycles. The zero-order chi connectivity index (χ0) is 10.3. The number of furan rings is 1. The van der Waals surface area contributed by atoms with Gasteiger partial charge in [0.05, 0.1) is 0 Å². The molecule has 1 aliphatic heterocycles. The van der Waals surface area contributed by atoms with Crippen molar-refractivity contribution in [2.45, 2.75) is 13.3 Å². The van der Waals surface area contributed by atoms with E-state index in [0.717, 1.165) is 31.0 Å². The molecule has 15 heavy (non-hydrogen) atoms. The van der Waals surface area contributed by atoms with E-state index >= 15 is 0 Å². The molecule has 2 heterocycles. The first-order valence-electron chi connectivity index (χ1n) is 5.52. The van der Waals surface area contributed by atoms with E-state index in [1.807, 2.05) is 12.1 Å². The van der Waals surface area contributed by atoms with Crippen LogP contribution in [0.4, 0.5) is 0 Å². The molecule has 2 aromatic rings. The Kier molecular flexibility index (Phi) is 2.03. The molecule has 0 saturated carbocycles. The molecule has 78 valence electrons. The predicted octanol–water partition coefficient (Wildman–Crippen LogP) is 2.50. The van der Waals surface area contributed by atoms with Gasteiger partial charge in [0.15, 0.2) is 0 Å². The van der Waals surface area contributed by atoms with E-state index in [9.17, 15) is 0 Å². The van der Waals surface area contributed by atoms with Gasteiger partial charge in [-0.05, 0) is 37.6 Å². The van der Waals surface area contributed by atoms with E-state index < -0.39 is 0 Å². The van der Waals surface area contributed by atoms with E-state index in [2.05, 4.69) is 24.4 Å². The Morgan fingerprint density at radius 2 is 2.13 bits per heavy atom. The maximum atomic E-state index is 5.88. The van der Waals surface area contributed by atoms with Gasteiger partial charge in [0.25, 0.3) is 0 Å². The van der Waals surface area contributed by atoms with Crippen LogP contribution >= 0.6 is 0 Å². The summed E-state index contributed by atoms with van der Waals surface area (Å²) in [4.78, 5) is 0. The summed E-state index contributed by atoms with van der Waals surface area (Å²) in [5, 5.41) is 4.56. The Morgan fingerprint density at radius 1 is 1.33 bits per heavy atom. The average Bonchev–Trinajstić information content (AvgIpc) is 2.51. The fourth-order valence-electron chi connectivity index (χ4n) is 2.17. The van der Waals surface area contributed by atoms with Gasteiger partial charge in [0, 0.05) is 11.8 Å². The zero-order valence-electron chi connectivity index (χ0n) is 8.92. The van der Waals surface area contributed by atoms with E-state index in [-0.39, 0.29) is 0 Å². The van der Waals surface area contributed by atoms with Crippen LogP contribution in [0.25, 0.3) is 11.0 Å². The topological polar surface area (TPSA) is 25.2 Å². The van der Waals surface area contributed by atoms with Gasteiger partial charge in [0.1, 0.15) is 11.3 Å². The van der Waals surface area contributed by atoms with Gasteiger partial charge < -0.3 is 9.73 Å². The molecular weight excluding hydrogens is 186 g/mol. The fraction of sp³-hybridized carbons (Fsp3) is 0.385. The first-order chi connectivity index (χ1) is 7.34. The minimum atomic E-state index is 0.768. The van der Waals surface area contributed by atoms with Gasteiger partial charge in [0.2, 0.25) is 0 Å². The van der Waals surface area contributed by atoms with Gasteiger partial charge in [-0.1, -0.05) is 18.2 Å². The molecule has 1 aromatic heterocycles. The van der Waals surface area contributed by atoms with Gasteiger partial charge in [-0.15, -0.1) is 0 Å². The third-order valence-corrected chi connectivity index (χ3v) is 3.28. The number of benzene rings is 1. The molecule has 1 N–H and O–H groups in total. The summed E-state index contributed by atoms with van der Waals surface area (Å²) in [6.45, 7) is 4.43. The minimum Gasteiger partial charge on any atom is -0.461 e. The molecule has 2 nitrogen and oxygen atoms in total. The van der Waals surface area contributed by atoms with Gasteiger partial charge >= 0.3 is 0 Å². The quantitative estimate of drug-likeness (QED) is 0.807. The smallest absolute Gasteiger partial charge is 0.134 e. The number of para-hydroxylation sites is 1. The highest BCUT2D eigenvalue weighted by molar-refractivity contribution is 5.81. The summed E-state index contributed by atoms with van der Waals surface area (Å²) in [6, 6.07) is 8.28. The SMILES string of the molecule is Cc1c(CC2CNC2)oc2ccccc12. The van der Waals surface area contributed by atoms with Crippen LogP contribution in [-0.4, -0.2) is 13.1 Å². The van der Waals surface area contributed by atoms with Crippen LogP contribution in [0.2, 0.25) is 0 Å². The van der Waals surface area contributed by atoms with Crippen molar-refractivity contribution in [1.82, 2.24) is 5.32 Å². The molecule has 3 rings (SSSR count). The number of hydrogen-bond donors (Lipinski definition) is 1. The Bertz CT molecular complexity index is 482. The third-order valence-electron chi connectivity index (χ3n) is 3.28. The normalized spacial score (nSPS) is 16.9.